The van der Waals surface area contributed by atoms with E-state index in [-0.39, 0.29) is 23.9 Å². The smallest absolute Gasteiger partial charge is 0.266 e. The first-order chi connectivity index (χ1) is 15.9. The van der Waals surface area contributed by atoms with E-state index in [9.17, 15) is 19.1 Å². The zero-order valence-corrected chi connectivity index (χ0v) is 18.3. The lowest BCUT2D eigenvalue weighted by Gasteiger charge is -2.10. The van der Waals surface area contributed by atoms with E-state index < -0.39 is 5.97 Å². The minimum absolute atomic E-state index is 0.00830. The van der Waals surface area contributed by atoms with Gasteiger partial charge in [-0.3, -0.25) is 9.69 Å². The van der Waals surface area contributed by atoms with Gasteiger partial charge in [-0.2, -0.15) is 0 Å². The Morgan fingerprint density at radius 1 is 1.12 bits per heavy atom. The zero-order valence-electron chi connectivity index (χ0n) is 17.5. The fourth-order valence-corrected chi connectivity index (χ4v) is 4.10. The molecule has 8 heteroatoms. The van der Waals surface area contributed by atoms with Gasteiger partial charge in [0.2, 0.25) is 0 Å². The highest BCUT2D eigenvalue weighted by molar-refractivity contribution is 8.18. The van der Waals surface area contributed by atoms with Crippen LogP contribution in [0.2, 0.25) is 0 Å². The van der Waals surface area contributed by atoms with Crippen LogP contribution in [0.15, 0.2) is 82.7 Å². The summed E-state index contributed by atoms with van der Waals surface area (Å²) in [6.07, 6.45) is 1.71. The largest absolute Gasteiger partial charge is 0.545 e. The number of carboxylic acid groups (broad SMARTS) is 1. The van der Waals surface area contributed by atoms with Crippen molar-refractivity contribution in [2.75, 3.05) is 7.05 Å². The topological polar surface area (TPSA) is 82.0 Å². The van der Waals surface area contributed by atoms with Crippen LogP contribution in [0, 0.1) is 5.82 Å². The van der Waals surface area contributed by atoms with Gasteiger partial charge in [0.25, 0.3) is 5.91 Å². The van der Waals surface area contributed by atoms with Crippen molar-refractivity contribution < 1.29 is 23.8 Å². The summed E-state index contributed by atoms with van der Waals surface area (Å²) < 4.78 is 19.3. The van der Waals surface area contributed by atoms with Crippen molar-refractivity contribution >= 4 is 40.6 Å². The van der Waals surface area contributed by atoms with Gasteiger partial charge in [0.1, 0.15) is 18.2 Å². The van der Waals surface area contributed by atoms with E-state index in [0.717, 1.165) is 0 Å². The molecule has 4 rings (SSSR count). The number of carboxylic acids is 1. The van der Waals surface area contributed by atoms with Crippen LogP contribution in [0.1, 0.15) is 21.5 Å². The lowest BCUT2D eigenvalue weighted by atomic mass is 10.1. The number of para-hydroxylation sites is 1. The van der Waals surface area contributed by atoms with Gasteiger partial charge in [-0.05, 0) is 59.3 Å². The maximum atomic E-state index is 13.4. The molecule has 0 aromatic heterocycles. The number of hydrogen-bond donors (Lipinski definition) is 0. The Morgan fingerprint density at radius 3 is 2.70 bits per heavy atom. The van der Waals surface area contributed by atoms with Crippen LogP contribution in [0.3, 0.4) is 0 Å². The number of ether oxygens (including phenoxy) is 1. The van der Waals surface area contributed by atoms with Crippen molar-refractivity contribution in [3.05, 3.63) is 100 Å². The Balaban J connectivity index is 1.57. The van der Waals surface area contributed by atoms with Gasteiger partial charge in [0.15, 0.2) is 5.17 Å². The standard InChI is InChI=1S/C25H19FN2O4S/c1-28-23(29)22(33-25(28)27-20-10-5-8-18(13-20)24(30)31)14-17-7-2-3-11-21(17)32-15-16-6-4-9-19(26)12-16/h2-14H,15H2,1H3,(H,30,31)/p-1/b22-14-,27-25?. The quantitative estimate of drug-likeness (QED) is 0.518. The summed E-state index contributed by atoms with van der Waals surface area (Å²) in [6.45, 7) is 0.181. The van der Waals surface area contributed by atoms with Crippen molar-refractivity contribution in [1.82, 2.24) is 4.90 Å². The Hall–Kier alpha value is -3.91. The number of hydrogen-bond acceptors (Lipinski definition) is 6. The number of likely N-dealkylation sites (N-methyl/N-ethyl adjacent to an activating group) is 1. The number of amides is 1. The van der Waals surface area contributed by atoms with Crippen molar-refractivity contribution in [2.24, 2.45) is 4.99 Å². The molecule has 1 aliphatic heterocycles. The number of rotatable bonds is 6. The normalized spacial score (nSPS) is 15.9. The second-order valence-corrected chi connectivity index (χ2v) is 8.17. The Bertz CT molecular complexity index is 1290. The number of aliphatic imine (C=N–C) groups is 1. The first-order valence-electron chi connectivity index (χ1n) is 9.95. The lowest BCUT2D eigenvalue weighted by molar-refractivity contribution is -0.255. The van der Waals surface area contributed by atoms with E-state index in [1.165, 1.54) is 40.9 Å². The minimum atomic E-state index is -1.30. The summed E-state index contributed by atoms with van der Waals surface area (Å²) in [6, 6.07) is 19.4. The maximum Gasteiger partial charge on any atom is 0.266 e. The summed E-state index contributed by atoms with van der Waals surface area (Å²) in [5, 5.41) is 11.5. The van der Waals surface area contributed by atoms with Crippen LogP contribution >= 0.6 is 11.8 Å². The van der Waals surface area contributed by atoms with E-state index in [4.69, 9.17) is 4.74 Å². The molecule has 0 radical (unpaired) electrons. The zero-order chi connectivity index (χ0) is 23.4. The molecule has 33 heavy (non-hydrogen) atoms. The van der Waals surface area contributed by atoms with Crippen LogP contribution in [0.5, 0.6) is 5.75 Å². The van der Waals surface area contributed by atoms with Crippen molar-refractivity contribution in [1.29, 1.82) is 0 Å². The predicted molar refractivity (Wildman–Crippen MR) is 123 cm³/mol. The summed E-state index contributed by atoms with van der Waals surface area (Å²) in [4.78, 5) is 30.1. The second-order valence-electron chi connectivity index (χ2n) is 7.16. The molecule has 0 saturated carbocycles. The first-order valence-corrected chi connectivity index (χ1v) is 10.8. The van der Waals surface area contributed by atoms with Crippen LogP contribution < -0.4 is 9.84 Å². The molecule has 1 heterocycles. The molecule has 0 N–H and O–H groups in total. The molecule has 0 bridgehead atoms. The molecular formula is C25H18FN2O4S-. The van der Waals surface area contributed by atoms with Gasteiger partial charge >= 0.3 is 0 Å². The third-order valence-corrected chi connectivity index (χ3v) is 5.86. The minimum Gasteiger partial charge on any atom is -0.545 e. The molecule has 1 amide bonds. The summed E-state index contributed by atoms with van der Waals surface area (Å²) in [5.74, 6) is -1.32. The van der Waals surface area contributed by atoms with E-state index in [1.807, 2.05) is 18.2 Å². The van der Waals surface area contributed by atoms with Gasteiger partial charge in [-0.15, -0.1) is 0 Å². The van der Waals surface area contributed by atoms with E-state index in [2.05, 4.69) is 4.99 Å². The van der Waals surface area contributed by atoms with E-state index in [1.54, 1.807) is 43.5 Å². The highest BCUT2D eigenvalue weighted by Crippen LogP contribution is 2.35. The number of aromatic carboxylic acids is 1. The van der Waals surface area contributed by atoms with Crippen LogP contribution in [-0.4, -0.2) is 29.0 Å². The summed E-state index contributed by atoms with van der Waals surface area (Å²) in [7, 11) is 1.60. The number of benzene rings is 3. The highest BCUT2D eigenvalue weighted by atomic mass is 32.2. The van der Waals surface area contributed by atoms with Gasteiger partial charge in [-0.25, -0.2) is 9.38 Å². The molecule has 6 nitrogen and oxygen atoms in total. The van der Waals surface area contributed by atoms with Crippen molar-refractivity contribution in [3.8, 4) is 5.75 Å². The fraction of sp³-hybridized carbons (Fsp3) is 0.0800. The Labute approximate surface area is 194 Å². The Morgan fingerprint density at radius 2 is 1.91 bits per heavy atom. The highest BCUT2D eigenvalue weighted by Gasteiger charge is 2.30. The third kappa shape index (κ3) is 5.30. The average Bonchev–Trinajstić information content (AvgIpc) is 3.06. The molecule has 0 atom stereocenters. The molecular weight excluding hydrogens is 443 g/mol. The van der Waals surface area contributed by atoms with Crippen molar-refractivity contribution in [3.63, 3.8) is 0 Å². The van der Waals surface area contributed by atoms with Gasteiger partial charge in [0, 0.05) is 12.6 Å². The van der Waals surface area contributed by atoms with Crippen LogP contribution in [0.25, 0.3) is 6.08 Å². The average molecular weight is 461 g/mol. The summed E-state index contributed by atoms with van der Waals surface area (Å²) >= 11 is 1.18. The first kappa shape index (κ1) is 22.3. The van der Waals surface area contributed by atoms with Gasteiger partial charge in [0.05, 0.1) is 16.6 Å². The number of thioether (sulfide) groups is 1. The SMILES string of the molecule is CN1C(=O)/C(=C/c2ccccc2OCc2cccc(F)c2)SC1=Nc1cccc(C(=O)[O-])c1. The molecule has 0 spiro atoms. The number of halogens is 1. The molecule has 1 saturated heterocycles. The Kier molecular flexibility index (Phi) is 6.55. The maximum absolute atomic E-state index is 13.4. The van der Waals surface area contributed by atoms with Crippen molar-refractivity contribution in [2.45, 2.75) is 6.61 Å². The molecule has 3 aromatic carbocycles. The summed E-state index contributed by atoms with van der Waals surface area (Å²) in [5.41, 5.74) is 1.79. The molecule has 1 fully saturated rings. The predicted octanol–water partition coefficient (Wildman–Crippen LogP) is 4.00. The van der Waals surface area contributed by atoms with E-state index >= 15 is 0 Å². The molecule has 1 aliphatic rings. The number of carbonyl (C=O) groups excluding carboxylic acids is 2. The molecule has 3 aromatic rings. The van der Waals surface area contributed by atoms with Gasteiger partial charge in [-0.1, -0.05) is 42.5 Å². The van der Waals surface area contributed by atoms with Crippen LogP contribution in [0.4, 0.5) is 10.1 Å². The monoisotopic (exact) mass is 461 g/mol. The molecule has 0 unspecified atom stereocenters. The third-order valence-electron chi connectivity index (χ3n) is 4.80. The van der Waals surface area contributed by atoms with Gasteiger partial charge < -0.3 is 14.6 Å². The fourth-order valence-electron chi connectivity index (χ4n) is 3.12. The molecule has 166 valence electrons. The number of nitrogens with zero attached hydrogens (tertiary/aromatic N) is 2. The lowest BCUT2D eigenvalue weighted by Crippen LogP contribution is -2.23. The second kappa shape index (κ2) is 9.70. The number of amidine groups is 1. The van der Waals surface area contributed by atoms with E-state index in [0.29, 0.717) is 32.6 Å². The van der Waals surface area contributed by atoms with Crippen LogP contribution in [-0.2, 0) is 11.4 Å². The number of carbonyl (C=O) groups is 2. The molecule has 0 aliphatic carbocycles.